The zero-order chi connectivity index (χ0) is 21.5. The Morgan fingerprint density at radius 2 is 1.74 bits per heavy atom. The highest BCUT2D eigenvalue weighted by atomic mass is 16.5. The lowest BCUT2D eigenvalue weighted by atomic mass is 9.99. The lowest BCUT2D eigenvalue weighted by molar-refractivity contribution is 0.335. The first-order valence-corrected chi connectivity index (χ1v) is 10.5. The molecule has 3 aromatic rings. The van der Waals surface area contributed by atoms with E-state index >= 15 is 0 Å². The van der Waals surface area contributed by atoms with Crippen molar-refractivity contribution >= 4 is 11.6 Å². The molecule has 0 atom stereocenters. The largest absolute Gasteiger partial charge is 0.504 e. The maximum atomic E-state index is 9.69. The molecule has 4 nitrogen and oxygen atoms in total. The molecule has 0 saturated carbocycles. The number of nitrogens with zero attached hydrogens (tertiary/aromatic N) is 1. The van der Waals surface area contributed by atoms with Crippen molar-refractivity contribution in [3.8, 4) is 23.0 Å². The van der Waals surface area contributed by atoms with Gasteiger partial charge < -0.3 is 14.6 Å². The second kappa shape index (κ2) is 10.0. The Balaban J connectivity index is 1.31. The standard InChI is InChI=1S/C27H27NO3/c1-30-27-20-21(9-14-26(27)29)6-5-17-28-18-15-23(16-19-28)22-10-12-25(13-11-22)31-24-7-3-2-4-8-24/h2-15,20,29H,16-19H2,1H3/b6-5+. The van der Waals surface area contributed by atoms with E-state index in [1.54, 1.807) is 13.2 Å². The van der Waals surface area contributed by atoms with Crippen LogP contribution in [0.4, 0.5) is 0 Å². The summed E-state index contributed by atoms with van der Waals surface area (Å²) in [4.78, 5) is 2.41. The van der Waals surface area contributed by atoms with Crippen molar-refractivity contribution in [1.82, 2.24) is 4.90 Å². The fraction of sp³-hybridized carbons (Fsp3) is 0.185. The third-order valence-corrected chi connectivity index (χ3v) is 5.37. The minimum atomic E-state index is 0.160. The van der Waals surface area contributed by atoms with Gasteiger partial charge in [-0.05, 0) is 59.5 Å². The van der Waals surface area contributed by atoms with Crippen LogP contribution in [0.1, 0.15) is 17.5 Å². The molecule has 0 spiro atoms. The fourth-order valence-corrected chi connectivity index (χ4v) is 3.64. The van der Waals surface area contributed by atoms with E-state index in [0.29, 0.717) is 5.75 Å². The van der Waals surface area contributed by atoms with E-state index in [9.17, 15) is 5.11 Å². The van der Waals surface area contributed by atoms with Gasteiger partial charge in [0.25, 0.3) is 0 Å². The molecule has 0 unspecified atom stereocenters. The summed E-state index contributed by atoms with van der Waals surface area (Å²) in [7, 11) is 1.56. The summed E-state index contributed by atoms with van der Waals surface area (Å²) in [5, 5.41) is 9.69. The molecule has 4 rings (SSSR count). The molecule has 1 N–H and O–H groups in total. The third kappa shape index (κ3) is 5.56. The SMILES string of the molecule is COc1cc(/C=C/CN2CC=C(c3ccc(Oc4ccccc4)cc3)CC2)ccc1O. The number of para-hydroxylation sites is 1. The number of ether oxygens (including phenoxy) is 2. The zero-order valence-corrected chi connectivity index (χ0v) is 17.7. The molecule has 0 fully saturated rings. The molecule has 1 aliphatic rings. The van der Waals surface area contributed by atoms with Crippen LogP contribution in [0.2, 0.25) is 0 Å². The first-order valence-electron chi connectivity index (χ1n) is 10.5. The monoisotopic (exact) mass is 413 g/mol. The van der Waals surface area contributed by atoms with Crippen LogP contribution < -0.4 is 9.47 Å². The van der Waals surface area contributed by atoms with Gasteiger partial charge in [0.05, 0.1) is 7.11 Å². The number of phenolic OH excluding ortho intramolecular Hbond substituents is 1. The molecule has 158 valence electrons. The number of benzene rings is 3. The highest BCUT2D eigenvalue weighted by Crippen LogP contribution is 2.28. The maximum Gasteiger partial charge on any atom is 0.161 e. The Bertz CT molecular complexity index is 1060. The molecule has 31 heavy (non-hydrogen) atoms. The van der Waals surface area contributed by atoms with E-state index in [1.165, 1.54) is 11.1 Å². The van der Waals surface area contributed by atoms with Crippen molar-refractivity contribution in [2.24, 2.45) is 0 Å². The molecule has 0 bridgehead atoms. The van der Waals surface area contributed by atoms with Gasteiger partial charge in [0, 0.05) is 19.6 Å². The van der Waals surface area contributed by atoms with Crippen molar-refractivity contribution in [2.45, 2.75) is 6.42 Å². The second-order valence-corrected chi connectivity index (χ2v) is 7.51. The molecule has 3 aromatic carbocycles. The van der Waals surface area contributed by atoms with Crippen LogP contribution in [-0.4, -0.2) is 36.8 Å². The highest BCUT2D eigenvalue weighted by molar-refractivity contribution is 5.67. The van der Waals surface area contributed by atoms with Crippen molar-refractivity contribution in [3.05, 3.63) is 96.1 Å². The number of methoxy groups -OCH3 is 1. The highest BCUT2D eigenvalue weighted by Gasteiger charge is 2.12. The topological polar surface area (TPSA) is 41.9 Å². The Kier molecular flexibility index (Phi) is 6.70. The number of aromatic hydroxyl groups is 1. The van der Waals surface area contributed by atoms with Gasteiger partial charge in [-0.15, -0.1) is 0 Å². The van der Waals surface area contributed by atoms with E-state index in [4.69, 9.17) is 9.47 Å². The average Bonchev–Trinajstić information content (AvgIpc) is 2.82. The summed E-state index contributed by atoms with van der Waals surface area (Å²) in [6, 6.07) is 23.6. The molecule has 0 aromatic heterocycles. The number of hydrogen-bond acceptors (Lipinski definition) is 4. The minimum Gasteiger partial charge on any atom is -0.504 e. The summed E-state index contributed by atoms with van der Waals surface area (Å²) < 4.78 is 11.0. The van der Waals surface area contributed by atoms with Crippen LogP contribution in [0.25, 0.3) is 11.6 Å². The van der Waals surface area contributed by atoms with Crippen molar-refractivity contribution in [3.63, 3.8) is 0 Å². The van der Waals surface area contributed by atoms with E-state index in [-0.39, 0.29) is 5.75 Å². The lowest BCUT2D eigenvalue weighted by Crippen LogP contribution is -2.28. The summed E-state index contributed by atoms with van der Waals surface area (Å²) in [6.07, 6.45) is 7.56. The second-order valence-electron chi connectivity index (χ2n) is 7.51. The third-order valence-electron chi connectivity index (χ3n) is 5.37. The van der Waals surface area contributed by atoms with Crippen LogP contribution in [-0.2, 0) is 0 Å². The molecule has 0 aliphatic carbocycles. The quantitative estimate of drug-likeness (QED) is 0.516. The van der Waals surface area contributed by atoms with Gasteiger partial charge in [0.1, 0.15) is 11.5 Å². The average molecular weight is 414 g/mol. The van der Waals surface area contributed by atoms with Gasteiger partial charge in [-0.1, -0.05) is 54.6 Å². The van der Waals surface area contributed by atoms with Gasteiger partial charge in [-0.3, -0.25) is 4.90 Å². The molecular formula is C27H27NO3. The van der Waals surface area contributed by atoms with Crippen LogP contribution in [0.5, 0.6) is 23.0 Å². The zero-order valence-electron chi connectivity index (χ0n) is 17.7. The van der Waals surface area contributed by atoms with Gasteiger partial charge in [0.15, 0.2) is 11.5 Å². The summed E-state index contributed by atoms with van der Waals surface area (Å²) in [5.41, 5.74) is 3.65. The van der Waals surface area contributed by atoms with E-state index in [1.807, 2.05) is 54.6 Å². The molecule has 1 aliphatic heterocycles. The lowest BCUT2D eigenvalue weighted by Gasteiger charge is -2.25. The van der Waals surface area contributed by atoms with Gasteiger partial charge >= 0.3 is 0 Å². The molecule has 0 amide bonds. The van der Waals surface area contributed by atoms with Crippen LogP contribution >= 0.6 is 0 Å². The number of hydrogen-bond donors (Lipinski definition) is 1. The smallest absolute Gasteiger partial charge is 0.161 e. The van der Waals surface area contributed by atoms with Gasteiger partial charge in [0.2, 0.25) is 0 Å². The number of phenols is 1. The van der Waals surface area contributed by atoms with Crippen LogP contribution in [0, 0.1) is 0 Å². The predicted molar refractivity (Wildman–Crippen MR) is 126 cm³/mol. The Morgan fingerprint density at radius 1 is 0.968 bits per heavy atom. The fourth-order valence-electron chi connectivity index (χ4n) is 3.64. The predicted octanol–water partition coefficient (Wildman–Crippen LogP) is 6.00. The number of rotatable bonds is 7. The molecule has 1 heterocycles. The minimum absolute atomic E-state index is 0.160. The normalized spacial score (nSPS) is 14.4. The Labute approximate surface area is 183 Å². The Morgan fingerprint density at radius 3 is 2.45 bits per heavy atom. The molecule has 0 radical (unpaired) electrons. The first kappa shape index (κ1) is 20.8. The van der Waals surface area contributed by atoms with Crippen LogP contribution in [0.15, 0.2) is 84.9 Å². The van der Waals surface area contributed by atoms with E-state index < -0.39 is 0 Å². The Hall–Kier alpha value is -3.50. The molecular weight excluding hydrogens is 386 g/mol. The van der Waals surface area contributed by atoms with E-state index in [0.717, 1.165) is 43.1 Å². The summed E-state index contributed by atoms with van der Waals surface area (Å²) in [5.74, 6) is 2.35. The summed E-state index contributed by atoms with van der Waals surface area (Å²) >= 11 is 0. The van der Waals surface area contributed by atoms with Crippen molar-refractivity contribution in [1.29, 1.82) is 0 Å². The van der Waals surface area contributed by atoms with Gasteiger partial charge in [-0.25, -0.2) is 0 Å². The van der Waals surface area contributed by atoms with Crippen molar-refractivity contribution < 1.29 is 14.6 Å². The first-order chi connectivity index (χ1) is 15.2. The maximum absolute atomic E-state index is 9.69. The van der Waals surface area contributed by atoms with Crippen LogP contribution in [0.3, 0.4) is 0 Å². The van der Waals surface area contributed by atoms with Gasteiger partial charge in [-0.2, -0.15) is 0 Å². The molecule has 4 heteroatoms. The molecule has 0 saturated heterocycles. The van der Waals surface area contributed by atoms with E-state index in [2.05, 4.69) is 35.3 Å². The van der Waals surface area contributed by atoms with Crippen molar-refractivity contribution in [2.75, 3.05) is 26.7 Å². The summed E-state index contributed by atoms with van der Waals surface area (Å²) in [6.45, 7) is 2.84.